The van der Waals surface area contributed by atoms with Gasteiger partial charge in [0.1, 0.15) is 5.82 Å². The largest absolute Gasteiger partial charge is 0.292 e. The van der Waals surface area contributed by atoms with Crippen LogP contribution in [0.5, 0.6) is 0 Å². The van der Waals surface area contributed by atoms with Gasteiger partial charge < -0.3 is 0 Å². The molecular formula is C30H26N2. The van der Waals surface area contributed by atoms with E-state index in [0.29, 0.717) is 5.92 Å². The van der Waals surface area contributed by atoms with Crippen LogP contribution < -0.4 is 0 Å². The van der Waals surface area contributed by atoms with Crippen LogP contribution >= 0.6 is 0 Å². The van der Waals surface area contributed by atoms with Gasteiger partial charge in [-0.2, -0.15) is 0 Å². The number of rotatable bonds is 3. The van der Waals surface area contributed by atoms with Crippen molar-refractivity contribution in [1.82, 2.24) is 9.55 Å². The molecule has 6 rings (SSSR count). The highest BCUT2D eigenvalue weighted by molar-refractivity contribution is 5.88. The second-order valence-electron chi connectivity index (χ2n) is 9.09. The molecule has 2 nitrogen and oxygen atoms in total. The summed E-state index contributed by atoms with van der Waals surface area (Å²) in [6.45, 7) is 6.76. The average molecular weight is 415 g/mol. The van der Waals surface area contributed by atoms with Crippen LogP contribution in [0.2, 0.25) is 0 Å². The molecule has 0 aliphatic heterocycles. The number of aryl methyl sites for hydroxylation is 1. The lowest BCUT2D eigenvalue weighted by molar-refractivity contribution is 0.847. The fourth-order valence-corrected chi connectivity index (χ4v) is 5.25. The van der Waals surface area contributed by atoms with E-state index in [4.69, 9.17) is 4.98 Å². The van der Waals surface area contributed by atoms with E-state index in [2.05, 4.69) is 110 Å². The lowest BCUT2D eigenvalue weighted by Gasteiger charge is -2.20. The number of aromatic nitrogens is 2. The second-order valence-corrected chi connectivity index (χ2v) is 9.09. The van der Waals surface area contributed by atoms with Gasteiger partial charge in [0, 0.05) is 5.56 Å². The van der Waals surface area contributed by atoms with Gasteiger partial charge in [0.25, 0.3) is 0 Å². The van der Waals surface area contributed by atoms with Gasteiger partial charge in [-0.25, -0.2) is 4.98 Å². The third-order valence-electron chi connectivity index (χ3n) is 6.77. The number of imidazole rings is 1. The van der Waals surface area contributed by atoms with E-state index in [-0.39, 0.29) is 0 Å². The summed E-state index contributed by atoms with van der Waals surface area (Å²) in [6, 6.07) is 30.6. The van der Waals surface area contributed by atoms with Gasteiger partial charge in [-0.15, -0.1) is 0 Å². The third-order valence-corrected chi connectivity index (χ3v) is 6.77. The molecule has 0 saturated heterocycles. The Morgan fingerprint density at radius 2 is 1.47 bits per heavy atom. The lowest BCUT2D eigenvalue weighted by Crippen LogP contribution is -2.06. The molecule has 156 valence electrons. The quantitative estimate of drug-likeness (QED) is 0.290. The molecule has 1 aromatic heterocycles. The maximum atomic E-state index is 5.20. The number of fused-ring (bicyclic) bond motifs is 4. The summed E-state index contributed by atoms with van der Waals surface area (Å²) < 4.78 is 2.40. The fraction of sp³-hybridized carbons (Fsp3) is 0.167. The summed E-state index contributed by atoms with van der Waals surface area (Å²) in [5.41, 5.74) is 12.8. The van der Waals surface area contributed by atoms with Crippen LogP contribution in [0, 0.1) is 6.92 Å². The Morgan fingerprint density at radius 1 is 0.750 bits per heavy atom. The average Bonchev–Trinajstić information content (AvgIpc) is 3.37. The fourth-order valence-electron chi connectivity index (χ4n) is 5.25. The number of para-hydroxylation sites is 3. The first-order valence-electron chi connectivity index (χ1n) is 11.4. The van der Waals surface area contributed by atoms with Crippen LogP contribution in [0.4, 0.5) is 0 Å². The second kappa shape index (κ2) is 7.20. The van der Waals surface area contributed by atoms with Crippen LogP contribution in [0.25, 0.3) is 39.2 Å². The zero-order valence-electron chi connectivity index (χ0n) is 18.8. The standard InChI is InChI=1S/C30H26N2/c1-19(2)22-13-8-10-20(3)29(22)32-28-17-7-6-16-27(28)31-30(32)25-15-9-14-24-23-12-5-4-11-21(23)18-26(24)25/h4-17,19H,18H2,1-3H3. The highest BCUT2D eigenvalue weighted by Gasteiger charge is 2.25. The number of hydrogen-bond donors (Lipinski definition) is 0. The van der Waals surface area contributed by atoms with Crippen molar-refractivity contribution >= 4 is 11.0 Å². The molecule has 1 aliphatic rings. The van der Waals surface area contributed by atoms with E-state index in [9.17, 15) is 0 Å². The van der Waals surface area contributed by atoms with Gasteiger partial charge in [0.15, 0.2) is 0 Å². The van der Waals surface area contributed by atoms with Gasteiger partial charge in [-0.05, 0) is 64.8 Å². The highest BCUT2D eigenvalue weighted by Crippen LogP contribution is 2.43. The first-order chi connectivity index (χ1) is 15.6. The molecule has 4 aromatic carbocycles. The van der Waals surface area contributed by atoms with Gasteiger partial charge in [0.2, 0.25) is 0 Å². The summed E-state index contributed by atoms with van der Waals surface area (Å²) in [6.07, 6.45) is 0.954. The van der Waals surface area contributed by atoms with Crippen LogP contribution in [-0.4, -0.2) is 9.55 Å². The van der Waals surface area contributed by atoms with Crippen molar-refractivity contribution in [3.8, 4) is 28.2 Å². The van der Waals surface area contributed by atoms with Crippen molar-refractivity contribution in [2.45, 2.75) is 33.1 Å². The molecule has 0 N–H and O–H groups in total. The van der Waals surface area contributed by atoms with E-state index >= 15 is 0 Å². The molecule has 0 amide bonds. The smallest absolute Gasteiger partial charge is 0.146 e. The van der Waals surface area contributed by atoms with E-state index in [1.165, 1.54) is 44.6 Å². The van der Waals surface area contributed by atoms with Crippen molar-refractivity contribution in [2.75, 3.05) is 0 Å². The summed E-state index contributed by atoms with van der Waals surface area (Å²) in [7, 11) is 0. The molecule has 5 aromatic rings. The Morgan fingerprint density at radius 3 is 2.34 bits per heavy atom. The normalized spacial score (nSPS) is 12.4. The minimum atomic E-state index is 0.421. The summed E-state index contributed by atoms with van der Waals surface area (Å²) in [4.78, 5) is 5.20. The molecular weight excluding hydrogens is 388 g/mol. The molecule has 1 heterocycles. The Kier molecular flexibility index (Phi) is 4.29. The minimum Gasteiger partial charge on any atom is -0.292 e. The van der Waals surface area contributed by atoms with Crippen molar-refractivity contribution in [2.24, 2.45) is 0 Å². The zero-order chi connectivity index (χ0) is 21.8. The van der Waals surface area contributed by atoms with Gasteiger partial charge in [-0.1, -0.05) is 86.6 Å². The molecule has 0 bridgehead atoms. The molecule has 0 spiro atoms. The van der Waals surface area contributed by atoms with Crippen LogP contribution in [0.3, 0.4) is 0 Å². The van der Waals surface area contributed by atoms with Crippen molar-refractivity contribution in [3.05, 3.63) is 107 Å². The molecule has 0 radical (unpaired) electrons. The molecule has 0 atom stereocenters. The van der Waals surface area contributed by atoms with E-state index in [0.717, 1.165) is 23.3 Å². The topological polar surface area (TPSA) is 17.8 Å². The van der Waals surface area contributed by atoms with Crippen molar-refractivity contribution in [1.29, 1.82) is 0 Å². The Bertz CT molecular complexity index is 1490. The van der Waals surface area contributed by atoms with Crippen molar-refractivity contribution in [3.63, 3.8) is 0 Å². The van der Waals surface area contributed by atoms with Gasteiger partial charge in [0.05, 0.1) is 16.7 Å². The molecule has 32 heavy (non-hydrogen) atoms. The number of hydrogen-bond acceptors (Lipinski definition) is 1. The zero-order valence-corrected chi connectivity index (χ0v) is 18.8. The predicted octanol–water partition coefficient (Wildman–Crippen LogP) is 7.70. The molecule has 0 saturated carbocycles. The lowest BCUT2D eigenvalue weighted by atomic mass is 9.97. The van der Waals surface area contributed by atoms with Crippen molar-refractivity contribution < 1.29 is 0 Å². The number of benzene rings is 4. The molecule has 0 fully saturated rings. The maximum Gasteiger partial charge on any atom is 0.146 e. The predicted molar refractivity (Wildman–Crippen MR) is 134 cm³/mol. The van der Waals surface area contributed by atoms with E-state index in [1.807, 2.05) is 0 Å². The minimum absolute atomic E-state index is 0.421. The van der Waals surface area contributed by atoms with E-state index < -0.39 is 0 Å². The van der Waals surface area contributed by atoms with Crippen LogP contribution in [0.1, 0.15) is 42.0 Å². The third kappa shape index (κ3) is 2.76. The summed E-state index contributed by atoms with van der Waals surface area (Å²) in [5.74, 6) is 1.46. The Hall–Kier alpha value is -3.65. The first kappa shape index (κ1) is 19.1. The number of nitrogens with zero attached hydrogens (tertiary/aromatic N) is 2. The Balaban J connectivity index is 1.69. The van der Waals surface area contributed by atoms with Crippen LogP contribution in [-0.2, 0) is 6.42 Å². The van der Waals surface area contributed by atoms with E-state index in [1.54, 1.807) is 0 Å². The van der Waals surface area contributed by atoms with Gasteiger partial charge in [-0.3, -0.25) is 4.57 Å². The first-order valence-corrected chi connectivity index (χ1v) is 11.4. The highest BCUT2D eigenvalue weighted by atomic mass is 15.1. The maximum absolute atomic E-state index is 5.20. The summed E-state index contributed by atoms with van der Waals surface area (Å²) >= 11 is 0. The Labute approximate surface area is 189 Å². The SMILES string of the molecule is Cc1cccc(C(C)C)c1-n1c(-c2cccc3c2Cc2ccccc2-3)nc2ccccc21. The van der Waals surface area contributed by atoms with Gasteiger partial charge >= 0.3 is 0 Å². The summed E-state index contributed by atoms with van der Waals surface area (Å²) in [5, 5.41) is 0. The molecule has 1 aliphatic carbocycles. The monoisotopic (exact) mass is 414 g/mol. The molecule has 2 heteroatoms. The van der Waals surface area contributed by atoms with Crippen LogP contribution in [0.15, 0.2) is 84.9 Å². The molecule has 0 unspecified atom stereocenters.